The van der Waals surface area contributed by atoms with Gasteiger partial charge in [-0.3, -0.25) is 0 Å². The van der Waals surface area contributed by atoms with E-state index in [2.05, 4.69) is 18.7 Å². The van der Waals surface area contributed by atoms with Crippen LogP contribution in [0.25, 0.3) is 0 Å². The van der Waals surface area contributed by atoms with Crippen molar-refractivity contribution >= 4 is 29.2 Å². The first kappa shape index (κ1) is 39.8. The molecule has 0 amide bonds. The average molecular weight is 605 g/mol. The zero-order valence-electron chi connectivity index (χ0n) is 25.3. The summed E-state index contributed by atoms with van der Waals surface area (Å²) in [6, 6.07) is 0. The quantitative estimate of drug-likeness (QED) is 0.0348. The number of nitrogens with zero attached hydrogens (tertiary/aromatic N) is 1. The molecule has 0 aromatic rings. The Bertz CT molecular complexity index is 401. The Labute approximate surface area is 256 Å². The first-order chi connectivity index (χ1) is 17.7. The monoisotopic (exact) mass is 603 g/mol. The van der Waals surface area contributed by atoms with Crippen LogP contribution in [-0.2, 0) is 29.7 Å². The Morgan fingerprint density at radius 1 is 0.405 bits per heavy atom. The van der Waals surface area contributed by atoms with Crippen molar-refractivity contribution in [3.05, 3.63) is 0 Å². The standard InChI is InChI=1S/C33H67NS2.Cu/c1-3-5-7-9-11-13-15-17-19-21-23-25-27-29-31-34(33(35)36)32-30-28-26-24-22-20-18-16-14-12-10-8-6-4-2;/h3-32H2,1-2H3,(H,35,36);/q;+1/p-1. The molecule has 0 aliphatic carbocycles. The first-order valence-corrected chi connectivity index (χ1v) is 17.5. The normalized spacial score (nSPS) is 11.0. The van der Waals surface area contributed by atoms with Gasteiger partial charge < -0.3 is 29.7 Å². The van der Waals surface area contributed by atoms with E-state index in [4.69, 9.17) is 24.8 Å². The second-order valence-electron chi connectivity index (χ2n) is 11.4. The minimum atomic E-state index is 0. The molecule has 0 saturated heterocycles. The molecule has 0 spiro atoms. The first-order valence-electron chi connectivity index (χ1n) is 16.7. The minimum absolute atomic E-state index is 0. The molecular formula is C33H66CuNS2. The number of rotatable bonds is 30. The summed E-state index contributed by atoms with van der Waals surface area (Å²) < 4.78 is 0.694. The minimum Gasteiger partial charge on any atom is -0.411 e. The van der Waals surface area contributed by atoms with Gasteiger partial charge >= 0.3 is 17.1 Å². The van der Waals surface area contributed by atoms with E-state index in [1.54, 1.807) is 0 Å². The van der Waals surface area contributed by atoms with Crippen molar-refractivity contribution < 1.29 is 17.1 Å². The molecule has 0 aromatic heterocycles. The SMILES string of the molecule is CCCCCCCCCCCCCCCCN(CCCCCCCCCCCCCCCC)C(=S)[S-].[Cu+]. The molecule has 226 valence electrons. The molecule has 0 saturated carbocycles. The maximum absolute atomic E-state index is 5.36. The van der Waals surface area contributed by atoms with Crippen LogP contribution in [0.4, 0.5) is 0 Å². The molecule has 0 fully saturated rings. The third-order valence-corrected chi connectivity index (χ3v) is 8.34. The van der Waals surface area contributed by atoms with Crippen molar-refractivity contribution in [3.63, 3.8) is 0 Å². The van der Waals surface area contributed by atoms with Gasteiger partial charge in [0.25, 0.3) is 0 Å². The van der Waals surface area contributed by atoms with Crippen LogP contribution in [0.2, 0.25) is 0 Å². The molecule has 0 N–H and O–H groups in total. The van der Waals surface area contributed by atoms with Gasteiger partial charge in [0, 0.05) is 13.1 Å². The molecule has 0 heterocycles. The van der Waals surface area contributed by atoms with Gasteiger partial charge in [0.05, 0.1) is 0 Å². The smallest absolute Gasteiger partial charge is 0.411 e. The topological polar surface area (TPSA) is 3.24 Å². The van der Waals surface area contributed by atoms with Gasteiger partial charge in [-0.05, 0) is 12.8 Å². The summed E-state index contributed by atoms with van der Waals surface area (Å²) in [5.41, 5.74) is 0. The van der Waals surface area contributed by atoms with Crippen LogP contribution in [-0.4, -0.2) is 22.3 Å². The van der Waals surface area contributed by atoms with E-state index in [9.17, 15) is 0 Å². The van der Waals surface area contributed by atoms with Crippen molar-refractivity contribution in [3.8, 4) is 0 Å². The molecule has 1 nitrogen and oxygen atoms in total. The largest absolute Gasteiger partial charge is 1.00 e. The van der Waals surface area contributed by atoms with E-state index in [1.807, 2.05) is 0 Å². The van der Waals surface area contributed by atoms with Gasteiger partial charge in [-0.25, -0.2) is 0 Å². The van der Waals surface area contributed by atoms with Crippen LogP contribution in [0.1, 0.15) is 194 Å². The third-order valence-electron chi connectivity index (χ3n) is 7.82. The van der Waals surface area contributed by atoms with Crippen LogP contribution in [0.15, 0.2) is 0 Å². The molecule has 0 rings (SSSR count). The fraction of sp³-hybridized carbons (Fsp3) is 0.970. The summed E-state index contributed by atoms with van der Waals surface area (Å²) in [6.45, 7) is 6.76. The molecule has 4 heteroatoms. The van der Waals surface area contributed by atoms with E-state index in [0.717, 1.165) is 13.1 Å². The second kappa shape index (κ2) is 34.7. The Hall–Kier alpha value is 0.629. The van der Waals surface area contributed by atoms with E-state index in [0.29, 0.717) is 4.32 Å². The molecular weight excluding hydrogens is 538 g/mol. The molecule has 0 unspecified atom stereocenters. The summed E-state index contributed by atoms with van der Waals surface area (Å²) in [6.07, 6.45) is 39.5. The Balaban J connectivity index is 0. The van der Waals surface area contributed by atoms with E-state index >= 15 is 0 Å². The fourth-order valence-corrected chi connectivity index (χ4v) is 5.65. The Kier molecular flexibility index (Phi) is 37.3. The van der Waals surface area contributed by atoms with E-state index < -0.39 is 0 Å². The van der Waals surface area contributed by atoms with Crippen molar-refractivity contribution in [2.45, 2.75) is 194 Å². The van der Waals surface area contributed by atoms with Gasteiger partial charge in [0.15, 0.2) is 0 Å². The Morgan fingerprint density at radius 2 is 0.595 bits per heavy atom. The van der Waals surface area contributed by atoms with Crippen molar-refractivity contribution in [1.29, 1.82) is 0 Å². The molecule has 0 aliphatic heterocycles. The zero-order chi connectivity index (χ0) is 26.4. The van der Waals surface area contributed by atoms with Crippen LogP contribution >= 0.6 is 12.2 Å². The predicted molar refractivity (Wildman–Crippen MR) is 172 cm³/mol. The number of hydrogen-bond acceptors (Lipinski definition) is 2. The number of hydrogen-bond donors (Lipinski definition) is 0. The van der Waals surface area contributed by atoms with Gasteiger partial charge in [0.2, 0.25) is 0 Å². The summed E-state index contributed by atoms with van der Waals surface area (Å²) in [4.78, 5) is 2.30. The zero-order valence-corrected chi connectivity index (χ0v) is 27.9. The maximum Gasteiger partial charge on any atom is 1.00 e. The van der Waals surface area contributed by atoms with E-state index in [1.165, 1.54) is 180 Å². The second-order valence-corrected chi connectivity index (χ2v) is 12.5. The predicted octanol–water partition coefficient (Wildman–Crippen LogP) is 12.1. The van der Waals surface area contributed by atoms with Gasteiger partial charge in [-0.2, -0.15) is 0 Å². The third kappa shape index (κ3) is 32.7. The average Bonchev–Trinajstić information content (AvgIpc) is 2.87. The summed E-state index contributed by atoms with van der Waals surface area (Å²) in [7, 11) is 0. The molecule has 37 heavy (non-hydrogen) atoms. The van der Waals surface area contributed by atoms with E-state index in [-0.39, 0.29) is 17.1 Å². The molecule has 0 aliphatic rings. The van der Waals surface area contributed by atoms with Crippen molar-refractivity contribution in [2.24, 2.45) is 0 Å². The van der Waals surface area contributed by atoms with Gasteiger partial charge in [0.1, 0.15) is 0 Å². The molecule has 0 atom stereocenters. The van der Waals surface area contributed by atoms with Crippen molar-refractivity contribution in [2.75, 3.05) is 13.1 Å². The van der Waals surface area contributed by atoms with Crippen LogP contribution in [0, 0.1) is 0 Å². The fourth-order valence-electron chi connectivity index (χ4n) is 5.29. The molecule has 0 radical (unpaired) electrons. The summed E-state index contributed by atoms with van der Waals surface area (Å²) in [5, 5.41) is 0. The molecule has 0 aromatic carbocycles. The Morgan fingerprint density at radius 3 is 0.784 bits per heavy atom. The van der Waals surface area contributed by atoms with Crippen LogP contribution < -0.4 is 0 Å². The van der Waals surface area contributed by atoms with Crippen LogP contribution in [0.5, 0.6) is 0 Å². The molecule has 0 bridgehead atoms. The van der Waals surface area contributed by atoms with Gasteiger partial charge in [-0.1, -0.05) is 185 Å². The maximum atomic E-state index is 5.36. The van der Waals surface area contributed by atoms with Crippen molar-refractivity contribution in [1.82, 2.24) is 4.90 Å². The van der Waals surface area contributed by atoms with Crippen LogP contribution in [0.3, 0.4) is 0 Å². The van der Waals surface area contributed by atoms with Gasteiger partial charge in [-0.15, -0.1) is 0 Å². The summed E-state index contributed by atoms with van der Waals surface area (Å²) >= 11 is 10.7. The number of thiocarbonyl (C=S) groups is 1. The number of unbranched alkanes of at least 4 members (excludes halogenated alkanes) is 26. The summed E-state index contributed by atoms with van der Waals surface area (Å²) in [5.74, 6) is 0.